The first-order valence-corrected chi connectivity index (χ1v) is 10.2. The minimum atomic E-state index is -0.586. The summed E-state index contributed by atoms with van der Waals surface area (Å²) >= 11 is 0. The van der Waals surface area contributed by atoms with Gasteiger partial charge >= 0.3 is 0 Å². The number of nitrogens with zero attached hydrogens (tertiary/aromatic N) is 3. The summed E-state index contributed by atoms with van der Waals surface area (Å²) in [6.07, 6.45) is -0.209. The van der Waals surface area contributed by atoms with Crippen LogP contribution in [0, 0.1) is 11.3 Å². The number of nitrogens with one attached hydrogen (secondary N) is 1. The van der Waals surface area contributed by atoms with Crippen molar-refractivity contribution in [2.45, 2.75) is 12.5 Å². The number of anilines is 1. The van der Waals surface area contributed by atoms with E-state index in [1.54, 1.807) is 0 Å². The molecular weight excluding hydrogens is 380 g/mol. The van der Waals surface area contributed by atoms with Gasteiger partial charge in [0.15, 0.2) is 0 Å². The summed E-state index contributed by atoms with van der Waals surface area (Å²) in [5.41, 5.74) is 1.75. The number of hydrogen-bond donors (Lipinski definition) is 2. The van der Waals surface area contributed by atoms with Gasteiger partial charge in [-0.2, -0.15) is 5.26 Å². The highest BCUT2D eigenvalue weighted by molar-refractivity contribution is 5.92. The Morgan fingerprint density at radius 2 is 1.73 bits per heavy atom. The van der Waals surface area contributed by atoms with Crippen molar-refractivity contribution in [3.8, 4) is 11.8 Å². The quantitative estimate of drug-likeness (QED) is 0.657. The van der Waals surface area contributed by atoms with Crippen molar-refractivity contribution in [1.82, 2.24) is 9.80 Å². The monoisotopic (exact) mass is 408 g/mol. The topological polar surface area (TPSA) is 88.8 Å². The lowest BCUT2D eigenvalue weighted by atomic mass is 10.2. The van der Waals surface area contributed by atoms with Crippen LogP contribution in [0.4, 0.5) is 5.69 Å². The van der Waals surface area contributed by atoms with E-state index in [0.717, 1.165) is 37.4 Å². The Hall–Kier alpha value is -2.92. The third-order valence-corrected chi connectivity index (χ3v) is 5.01. The van der Waals surface area contributed by atoms with Crippen molar-refractivity contribution in [3.63, 3.8) is 0 Å². The summed E-state index contributed by atoms with van der Waals surface area (Å²) in [5.74, 6) is 0.675. The zero-order valence-corrected chi connectivity index (χ0v) is 17.0. The molecule has 7 nitrogen and oxygen atoms in total. The van der Waals surface area contributed by atoms with Crippen LogP contribution in [0.5, 0.6) is 5.75 Å². The predicted molar refractivity (Wildman–Crippen MR) is 115 cm³/mol. The Morgan fingerprint density at radius 3 is 2.40 bits per heavy atom. The molecule has 2 aromatic rings. The van der Waals surface area contributed by atoms with Crippen molar-refractivity contribution in [2.24, 2.45) is 0 Å². The molecule has 1 heterocycles. The SMILES string of the molecule is N#CCc1ccc(OCC(O)CN2CCN(CC(=O)Nc3ccccc3)CC2)cc1. The largest absolute Gasteiger partial charge is 0.491 e. The Bertz CT molecular complexity index is 828. The molecule has 158 valence electrons. The van der Waals surface area contributed by atoms with Gasteiger partial charge in [0.05, 0.1) is 19.0 Å². The lowest BCUT2D eigenvalue weighted by molar-refractivity contribution is -0.117. The van der Waals surface area contributed by atoms with Crippen LogP contribution in [-0.2, 0) is 11.2 Å². The van der Waals surface area contributed by atoms with Gasteiger partial charge in [0.25, 0.3) is 0 Å². The Labute approximate surface area is 177 Å². The molecule has 0 aliphatic carbocycles. The highest BCUT2D eigenvalue weighted by Gasteiger charge is 2.21. The summed E-state index contributed by atoms with van der Waals surface area (Å²) in [7, 11) is 0. The summed E-state index contributed by atoms with van der Waals surface area (Å²) in [6, 6.07) is 18.9. The van der Waals surface area contributed by atoms with Crippen molar-refractivity contribution in [2.75, 3.05) is 51.2 Å². The fourth-order valence-corrected chi connectivity index (χ4v) is 3.39. The number of carbonyl (C=O) groups excluding carboxylic acids is 1. The van der Waals surface area contributed by atoms with Crippen LogP contribution in [0.1, 0.15) is 5.56 Å². The normalized spacial score (nSPS) is 15.9. The molecular formula is C23H28N4O3. The van der Waals surface area contributed by atoms with Crippen molar-refractivity contribution < 1.29 is 14.6 Å². The Balaban J connectivity index is 1.33. The fourth-order valence-electron chi connectivity index (χ4n) is 3.39. The lowest BCUT2D eigenvalue weighted by Gasteiger charge is -2.35. The summed E-state index contributed by atoms with van der Waals surface area (Å²) in [4.78, 5) is 16.5. The average molecular weight is 409 g/mol. The maximum atomic E-state index is 12.2. The second-order valence-electron chi connectivity index (χ2n) is 7.43. The van der Waals surface area contributed by atoms with Crippen molar-refractivity contribution >= 4 is 11.6 Å². The fraction of sp³-hybridized carbons (Fsp3) is 0.391. The van der Waals surface area contributed by atoms with Crippen molar-refractivity contribution in [3.05, 3.63) is 60.2 Å². The minimum absolute atomic E-state index is 0.0103. The molecule has 1 fully saturated rings. The van der Waals surface area contributed by atoms with E-state index in [-0.39, 0.29) is 12.5 Å². The second kappa shape index (κ2) is 11.3. The number of para-hydroxylation sites is 1. The van der Waals surface area contributed by atoms with Crippen LogP contribution < -0.4 is 10.1 Å². The van der Waals surface area contributed by atoms with Gasteiger partial charge in [-0.3, -0.25) is 14.6 Å². The molecule has 2 N–H and O–H groups in total. The molecule has 1 atom stereocenters. The van der Waals surface area contributed by atoms with Gasteiger partial charge in [0, 0.05) is 38.4 Å². The Kier molecular flexibility index (Phi) is 8.21. The average Bonchev–Trinajstić information content (AvgIpc) is 2.75. The predicted octanol–water partition coefficient (Wildman–Crippen LogP) is 1.75. The molecule has 0 saturated carbocycles. The highest BCUT2D eigenvalue weighted by atomic mass is 16.5. The number of piperazine rings is 1. The summed E-state index contributed by atoms with van der Waals surface area (Å²) in [6.45, 7) is 4.31. The maximum absolute atomic E-state index is 12.2. The van der Waals surface area contributed by atoms with Gasteiger partial charge in [-0.15, -0.1) is 0 Å². The molecule has 1 aliphatic heterocycles. The second-order valence-corrected chi connectivity index (χ2v) is 7.43. The van der Waals surface area contributed by atoms with Gasteiger partial charge in [-0.1, -0.05) is 30.3 Å². The van der Waals surface area contributed by atoms with E-state index >= 15 is 0 Å². The molecule has 1 saturated heterocycles. The summed E-state index contributed by atoms with van der Waals surface area (Å²) in [5, 5.41) is 21.9. The third kappa shape index (κ3) is 7.16. The van der Waals surface area contributed by atoms with Crippen LogP contribution in [0.2, 0.25) is 0 Å². The van der Waals surface area contributed by atoms with E-state index in [2.05, 4.69) is 21.2 Å². The number of hydrogen-bond acceptors (Lipinski definition) is 6. The standard InChI is InChI=1S/C23H28N4O3/c24-11-10-19-6-8-22(9-7-19)30-18-21(28)16-26-12-14-27(15-13-26)17-23(29)25-20-4-2-1-3-5-20/h1-9,21,28H,10,12-18H2,(H,25,29). The van der Waals surface area contributed by atoms with Crippen LogP contribution in [0.15, 0.2) is 54.6 Å². The van der Waals surface area contributed by atoms with Crippen molar-refractivity contribution in [1.29, 1.82) is 5.26 Å². The molecule has 1 aliphatic rings. The van der Waals surface area contributed by atoms with E-state index in [4.69, 9.17) is 10.00 Å². The first-order valence-electron chi connectivity index (χ1n) is 10.2. The molecule has 3 rings (SSSR count). The van der Waals surface area contributed by atoms with Gasteiger partial charge in [-0.25, -0.2) is 0 Å². The van der Waals surface area contributed by atoms with Crippen LogP contribution in [0.3, 0.4) is 0 Å². The number of carbonyl (C=O) groups is 1. The molecule has 0 radical (unpaired) electrons. The number of ether oxygens (including phenoxy) is 1. The lowest BCUT2D eigenvalue weighted by Crippen LogP contribution is -2.50. The van der Waals surface area contributed by atoms with E-state index in [1.165, 1.54) is 0 Å². The molecule has 1 amide bonds. The molecule has 1 unspecified atom stereocenters. The zero-order valence-electron chi connectivity index (χ0n) is 17.0. The van der Waals surface area contributed by atoms with E-state index in [1.807, 2.05) is 54.6 Å². The number of aliphatic hydroxyl groups excluding tert-OH is 1. The molecule has 7 heteroatoms. The number of aliphatic hydroxyl groups is 1. The first kappa shape index (κ1) is 21.8. The summed E-state index contributed by atoms with van der Waals surface area (Å²) < 4.78 is 5.65. The number of rotatable bonds is 9. The maximum Gasteiger partial charge on any atom is 0.238 e. The van der Waals surface area contributed by atoms with E-state index in [9.17, 15) is 9.90 Å². The smallest absolute Gasteiger partial charge is 0.238 e. The first-order chi connectivity index (χ1) is 14.6. The minimum Gasteiger partial charge on any atom is -0.491 e. The highest BCUT2D eigenvalue weighted by Crippen LogP contribution is 2.13. The van der Waals surface area contributed by atoms with Crippen LogP contribution in [0.25, 0.3) is 0 Å². The van der Waals surface area contributed by atoms with Gasteiger partial charge in [0.2, 0.25) is 5.91 Å². The molecule has 2 aromatic carbocycles. The van der Waals surface area contributed by atoms with Crippen LogP contribution >= 0.6 is 0 Å². The molecule has 0 bridgehead atoms. The van der Waals surface area contributed by atoms with E-state index < -0.39 is 6.10 Å². The van der Waals surface area contributed by atoms with Crippen LogP contribution in [-0.4, -0.2) is 72.8 Å². The molecule has 30 heavy (non-hydrogen) atoms. The number of nitriles is 1. The number of amides is 1. The Morgan fingerprint density at radius 1 is 1.07 bits per heavy atom. The molecule has 0 spiro atoms. The third-order valence-electron chi connectivity index (χ3n) is 5.01. The van der Waals surface area contributed by atoms with Gasteiger partial charge in [0.1, 0.15) is 18.5 Å². The van der Waals surface area contributed by atoms with Gasteiger partial charge < -0.3 is 15.2 Å². The molecule has 0 aromatic heterocycles. The van der Waals surface area contributed by atoms with E-state index in [0.29, 0.717) is 25.3 Å². The zero-order chi connectivity index (χ0) is 21.2. The number of β-amino-alcohol motifs (C(OH)–C–C–N with tert-alkyl or cyclic N) is 1. The van der Waals surface area contributed by atoms with Gasteiger partial charge in [-0.05, 0) is 29.8 Å². The number of benzene rings is 2.